The van der Waals surface area contributed by atoms with Gasteiger partial charge in [-0.2, -0.15) is 13.1 Å². The van der Waals surface area contributed by atoms with Crippen LogP contribution in [0.5, 0.6) is 0 Å². The Morgan fingerprint density at radius 2 is 1.90 bits per heavy atom. The van der Waals surface area contributed by atoms with Crippen molar-refractivity contribution in [1.29, 1.82) is 0 Å². The van der Waals surface area contributed by atoms with Gasteiger partial charge >= 0.3 is 0 Å². The molecule has 1 saturated heterocycles. The number of alkyl halides is 2. The Labute approximate surface area is 170 Å². The Bertz CT molecular complexity index is 1010. The summed E-state index contributed by atoms with van der Waals surface area (Å²) in [5.74, 6) is -3.47. The lowest BCUT2D eigenvalue weighted by Crippen LogP contribution is -2.49. The quantitative estimate of drug-likeness (QED) is 0.671. The number of thioether (sulfide) groups is 1. The maximum atomic E-state index is 12.7. The van der Waals surface area contributed by atoms with Crippen LogP contribution in [0, 0.1) is 0 Å². The Balaban J connectivity index is 1.74. The number of carbonyl (C=O) groups is 2. The van der Waals surface area contributed by atoms with E-state index in [4.69, 9.17) is 0 Å². The first-order valence-electron chi connectivity index (χ1n) is 8.49. The number of sulfonamides is 1. The highest BCUT2D eigenvalue weighted by molar-refractivity contribution is 7.99. The predicted molar refractivity (Wildman–Crippen MR) is 104 cm³/mol. The fraction of sp³-hybridized carbons (Fsp3) is 0.222. The fourth-order valence-electron chi connectivity index (χ4n) is 2.69. The van der Waals surface area contributed by atoms with Gasteiger partial charge in [-0.25, -0.2) is 8.42 Å². The van der Waals surface area contributed by atoms with Gasteiger partial charge in [0.15, 0.2) is 0 Å². The fourth-order valence-corrected chi connectivity index (χ4v) is 4.63. The Morgan fingerprint density at radius 3 is 2.55 bits per heavy atom. The second kappa shape index (κ2) is 8.89. The first kappa shape index (κ1) is 21.2. The van der Waals surface area contributed by atoms with Gasteiger partial charge in [-0.05, 0) is 42.5 Å². The van der Waals surface area contributed by atoms with Crippen LogP contribution >= 0.6 is 11.8 Å². The van der Waals surface area contributed by atoms with E-state index in [1.807, 2.05) is 0 Å². The molecule has 0 aromatic heterocycles. The molecule has 2 amide bonds. The van der Waals surface area contributed by atoms with E-state index in [1.54, 1.807) is 0 Å². The van der Waals surface area contributed by atoms with Gasteiger partial charge in [0.25, 0.3) is 11.7 Å². The zero-order chi connectivity index (χ0) is 21.0. The van der Waals surface area contributed by atoms with Gasteiger partial charge in [0, 0.05) is 29.2 Å². The van der Waals surface area contributed by atoms with Crippen LogP contribution < -0.4 is 10.6 Å². The maximum absolute atomic E-state index is 12.7. The molecule has 0 spiro atoms. The average Bonchev–Trinajstić information content (AvgIpc) is 2.69. The summed E-state index contributed by atoms with van der Waals surface area (Å²) >= 11 is 0.395. The van der Waals surface area contributed by atoms with Crippen LogP contribution in [0.2, 0.25) is 0 Å². The van der Waals surface area contributed by atoms with Crippen LogP contribution in [0.15, 0.2) is 58.3 Å². The van der Waals surface area contributed by atoms with Crippen LogP contribution in [0.25, 0.3) is 0 Å². The summed E-state index contributed by atoms with van der Waals surface area (Å²) in [5.41, 5.74) is 0.494. The molecule has 1 aliphatic rings. The lowest BCUT2D eigenvalue weighted by molar-refractivity contribution is -0.122. The van der Waals surface area contributed by atoms with Gasteiger partial charge in [0.1, 0.15) is 0 Å². The molecule has 3 rings (SSSR count). The third kappa shape index (κ3) is 5.31. The van der Waals surface area contributed by atoms with Gasteiger partial charge in [0.2, 0.25) is 15.9 Å². The van der Waals surface area contributed by atoms with E-state index in [-0.39, 0.29) is 36.0 Å². The van der Waals surface area contributed by atoms with E-state index in [1.165, 1.54) is 48.5 Å². The van der Waals surface area contributed by atoms with Crippen LogP contribution in [0.1, 0.15) is 10.4 Å². The van der Waals surface area contributed by atoms with Crippen molar-refractivity contribution < 1.29 is 26.8 Å². The summed E-state index contributed by atoms with van der Waals surface area (Å²) in [5, 5.41) is 5.15. The number of carbonyl (C=O) groups excluding carboxylic acids is 2. The van der Waals surface area contributed by atoms with Crippen LogP contribution in [0.4, 0.5) is 14.5 Å². The number of rotatable bonds is 6. The lowest BCUT2D eigenvalue weighted by Gasteiger charge is -2.26. The van der Waals surface area contributed by atoms with Crippen molar-refractivity contribution in [2.75, 3.05) is 25.0 Å². The summed E-state index contributed by atoms with van der Waals surface area (Å²) in [6.45, 7) is 0.0906. The van der Waals surface area contributed by atoms with Crippen LogP contribution in [0.3, 0.4) is 0 Å². The minimum absolute atomic E-state index is 0.0940. The zero-order valence-corrected chi connectivity index (χ0v) is 16.6. The number of halogens is 2. The van der Waals surface area contributed by atoms with E-state index in [0.717, 1.165) is 4.31 Å². The number of piperazine rings is 1. The number of benzene rings is 2. The molecule has 1 fully saturated rings. The minimum atomic E-state index is -3.92. The molecular formula is C18H17F2N3O4S2. The molecule has 0 aliphatic carbocycles. The predicted octanol–water partition coefficient (Wildman–Crippen LogP) is 2.37. The number of nitrogens with one attached hydrogen (secondary N) is 2. The van der Waals surface area contributed by atoms with E-state index >= 15 is 0 Å². The minimum Gasteiger partial charge on any atom is -0.354 e. The molecule has 0 bridgehead atoms. The van der Waals surface area contributed by atoms with Crippen molar-refractivity contribution in [2.45, 2.75) is 15.5 Å². The zero-order valence-electron chi connectivity index (χ0n) is 15.0. The number of hydrogen-bond donors (Lipinski definition) is 2. The van der Waals surface area contributed by atoms with Gasteiger partial charge in [-0.3, -0.25) is 9.59 Å². The summed E-state index contributed by atoms with van der Waals surface area (Å²) < 4.78 is 51.3. The molecule has 1 aliphatic heterocycles. The smallest absolute Gasteiger partial charge is 0.288 e. The van der Waals surface area contributed by atoms with Gasteiger partial charge in [-0.15, -0.1) is 0 Å². The first-order valence-corrected chi connectivity index (χ1v) is 10.8. The molecular weight excluding hydrogens is 424 g/mol. The van der Waals surface area contributed by atoms with Crippen molar-refractivity contribution in [3.8, 4) is 0 Å². The lowest BCUT2D eigenvalue weighted by atomic mass is 10.2. The van der Waals surface area contributed by atoms with Crippen LogP contribution in [-0.2, 0) is 14.8 Å². The number of hydrogen-bond acceptors (Lipinski definition) is 5. The highest BCUT2D eigenvalue weighted by Gasteiger charge is 2.29. The molecule has 0 saturated carbocycles. The molecule has 11 heteroatoms. The maximum Gasteiger partial charge on any atom is 0.288 e. The second-order valence-electron chi connectivity index (χ2n) is 6.07. The second-order valence-corrected chi connectivity index (χ2v) is 9.07. The van der Waals surface area contributed by atoms with Crippen molar-refractivity contribution in [3.63, 3.8) is 0 Å². The largest absolute Gasteiger partial charge is 0.354 e. The number of anilines is 1. The molecule has 1 heterocycles. The van der Waals surface area contributed by atoms with Crippen molar-refractivity contribution >= 4 is 39.3 Å². The Morgan fingerprint density at radius 1 is 1.17 bits per heavy atom. The molecule has 0 unspecified atom stereocenters. The monoisotopic (exact) mass is 441 g/mol. The molecule has 2 aromatic carbocycles. The molecule has 0 radical (unpaired) electrons. The first-order chi connectivity index (χ1) is 13.8. The molecule has 154 valence electrons. The average molecular weight is 441 g/mol. The molecule has 29 heavy (non-hydrogen) atoms. The van der Waals surface area contributed by atoms with E-state index in [0.29, 0.717) is 22.3 Å². The summed E-state index contributed by atoms with van der Waals surface area (Å²) in [7, 11) is -3.92. The normalized spacial score (nSPS) is 15.2. The van der Waals surface area contributed by atoms with Gasteiger partial charge in [0.05, 0.1) is 11.4 Å². The summed E-state index contributed by atoms with van der Waals surface area (Å²) in [4.78, 5) is 24.2. The van der Waals surface area contributed by atoms with E-state index < -0.39 is 21.7 Å². The highest BCUT2D eigenvalue weighted by atomic mass is 32.2. The van der Waals surface area contributed by atoms with Crippen molar-refractivity contribution in [3.05, 3.63) is 54.1 Å². The van der Waals surface area contributed by atoms with Crippen LogP contribution in [-0.4, -0.2) is 49.9 Å². The van der Waals surface area contributed by atoms with Gasteiger partial charge < -0.3 is 10.6 Å². The van der Waals surface area contributed by atoms with E-state index in [9.17, 15) is 26.8 Å². The van der Waals surface area contributed by atoms with Gasteiger partial charge in [-0.1, -0.05) is 17.8 Å². The number of amides is 2. The summed E-state index contributed by atoms with van der Waals surface area (Å²) in [6.07, 6.45) is 0. The number of nitrogens with zero attached hydrogens (tertiary/aromatic N) is 1. The SMILES string of the molecule is O=C1CN(S(=O)(=O)c2cccc(C(=O)Nc3ccc(SC(F)F)cc3)c2)CCN1. The Kier molecular flexibility index (Phi) is 6.50. The molecule has 2 aromatic rings. The van der Waals surface area contributed by atoms with Crippen molar-refractivity contribution in [1.82, 2.24) is 9.62 Å². The van der Waals surface area contributed by atoms with E-state index in [2.05, 4.69) is 10.6 Å². The summed E-state index contributed by atoms with van der Waals surface area (Å²) in [6, 6.07) is 11.4. The molecule has 2 N–H and O–H groups in total. The molecule has 0 atom stereocenters. The topological polar surface area (TPSA) is 95.6 Å². The third-order valence-electron chi connectivity index (χ3n) is 4.07. The molecule has 7 nitrogen and oxygen atoms in total. The van der Waals surface area contributed by atoms with Crippen molar-refractivity contribution in [2.24, 2.45) is 0 Å². The standard InChI is InChI=1S/C18H17F2N3O4S2/c19-18(20)28-14-6-4-13(5-7-14)22-17(25)12-2-1-3-15(10-12)29(26,27)23-9-8-21-16(24)11-23/h1-7,10,18H,8-9,11H2,(H,21,24)(H,22,25). The third-order valence-corrected chi connectivity index (χ3v) is 6.64. The Hall–Kier alpha value is -2.50. The highest BCUT2D eigenvalue weighted by Crippen LogP contribution is 2.26.